The molecule has 0 aliphatic heterocycles. The van der Waals surface area contributed by atoms with Crippen molar-refractivity contribution in [3.05, 3.63) is 24.1 Å². The first-order chi connectivity index (χ1) is 6.35. The number of hydrogen-bond donors (Lipinski definition) is 0. The first-order valence-corrected chi connectivity index (χ1v) is 4.93. The molecule has 0 saturated heterocycles. The predicted octanol–water partition coefficient (Wildman–Crippen LogP) is 2.73. The number of fused-ring (bicyclic) bond motifs is 1. The molecule has 0 saturated carbocycles. The minimum Gasteiger partial charge on any atom is -0.495 e. The summed E-state index contributed by atoms with van der Waals surface area (Å²) in [6, 6.07) is 1.92. The summed E-state index contributed by atoms with van der Waals surface area (Å²) in [6.45, 7) is 0. The zero-order valence-electron chi connectivity index (χ0n) is 7.08. The highest BCUT2D eigenvalue weighted by molar-refractivity contribution is 9.08. The van der Waals surface area contributed by atoms with E-state index in [0.717, 1.165) is 22.0 Å². The van der Waals surface area contributed by atoms with Gasteiger partial charge in [0.25, 0.3) is 0 Å². The van der Waals surface area contributed by atoms with Crippen molar-refractivity contribution in [3.8, 4) is 5.75 Å². The maximum Gasteiger partial charge on any atom is 0.226 e. The summed E-state index contributed by atoms with van der Waals surface area (Å²) in [7, 11) is 1.62. The van der Waals surface area contributed by atoms with E-state index in [1.54, 1.807) is 19.6 Å². The van der Waals surface area contributed by atoms with Gasteiger partial charge in [0.1, 0.15) is 5.75 Å². The van der Waals surface area contributed by atoms with E-state index in [1.807, 2.05) is 6.07 Å². The van der Waals surface area contributed by atoms with E-state index in [0.29, 0.717) is 5.71 Å². The van der Waals surface area contributed by atoms with E-state index in [4.69, 9.17) is 9.15 Å². The molecule has 2 aromatic heterocycles. The summed E-state index contributed by atoms with van der Waals surface area (Å²) >= 11 is 3.38. The fraction of sp³-hybridized carbons (Fsp3) is 0.222. The quantitative estimate of drug-likeness (QED) is 0.759. The summed E-state index contributed by atoms with van der Waals surface area (Å²) in [6.07, 6.45) is 3.34. The van der Waals surface area contributed by atoms with Gasteiger partial charge in [-0.1, -0.05) is 15.9 Å². The zero-order chi connectivity index (χ0) is 9.26. The molecular formula is C9H8BrNO2. The second kappa shape index (κ2) is 3.38. The Hall–Kier alpha value is -1.03. The fourth-order valence-corrected chi connectivity index (χ4v) is 1.60. The molecule has 2 aromatic rings. The number of nitrogens with zero attached hydrogens (tertiary/aromatic N) is 1. The molecule has 0 spiro atoms. The van der Waals surface area contributed by atoms with Crippen molar-refractivity contribution in [3.63, 3.8) is 0 Å². The van der Waals surface area contributed by atoms with E-state index < -0.39 is 0 Å². The van der Waals surface area contributed by atoms with Crippen molar-refractivity contribution < 1.29 is 9.15 Å². The Morgan fingerprint density at radius 3 is 3.15 bits per heavy atom. The summed E-state index contributed by atoms with van der Waals surface area (Å²) in [5, 5.41) is 1.76. The fourth-order valence-electron chi connectivity index (χ4n) is 1.16. The van der Waals surface area contributed by atoms with E-state index in [1.165, 1.54) is 0 Å². The molecule has 0 amide bonds. The molecule has 68 valence electrons. The van der Waals surface area contributed by atoms with Gasteiger partial charge in [-0.25, -0.2) is 4.98 Å². The van der Waals surface area contributed by atoms with Crippen molar-refractivity contribution in [1.29, 1.82) is 0 Å². The highest BCUT2D eigenvalue weighted by atomic mass is 79.9. The second-order valence-corrected chi connectivity index (χ2v) is 3.18. The van der Waals surface area contributed by atoms with Crippen LogP contribution in [0.15, 0.2) is 22.9 Å². The zero-order valence-corrected chi connectivity index (χ0v) is 8.67. The molecule has 4 heteroatoms. The average Bonchev–Trinajstić information content (AvgIpc) is 2.59. The summed E-state index contributed by atoms with van der Waals surface area (Å²) in [5.74, 6) is 0.746. The third-order valence-electron chi connectivity index (χ3n) is 1.86. The summed E-state index contributed by atoms with van der Waals surface area (Å²) < 4.78 is 10.3. The number of ether oxygens (including phenoxy) is 1. The summed E-state index contributed by atoms with van der Waals surface area (Å²) in [4.78, 5) is 4.11. The SMILES string of the molecule is COc1cnc2occ(CBr)c2c1. The molecule has 0 aliphatic rings. The van der Waals surface area contributed by atoms with Crippen LogP contribution in [0.5, 0.6) is 5.75 Å². The minimum absolute atomic E-state index is 0.648. The van der Waals surface area contributed by atoms with Gasteiger partial charge in [0.15, 0.2) is 0 Å². The monoisotopic (exact) mass is 241 g/mol. The Balaban J connectivity index is 2.64. The van der Waals surface area contributed by atoms with Crippen LogP contribution in [0, 0.1) is 0 Å². The number of methoxy groups -OCH3 is 1. The Bertz CT molecular complexity index is 424. The van der Waals surface area contributed by atoms with E-state index in [-0.39, 0.29) is 0 Å². The van der Waals surface area contributed by atoms with Crippen molar-refractivity contribution in [2.45, 2.75) is 5.33 Å². The van der Waals surface area contributed by atoms with Crippen molar-refractivity contribution in [2.75, 3.05) is 7.11 Å². The minimum atomic E-state index is 0.648. The van der Waals surface area contributed by atoms with Gasteiger partial charge < -0.3 is 9.15 Å². The number of rotatable bonds is 2. The topological polar surface area (TPSA) is 35.3 Å². The molecule has 0 fully saturated rings. The number of halogens is 1. The van der Waals surface area contributed by atoms with Gasteiger partial charge in [0.2, 0.25) is 5.71 Å². The first-order valence-electron chi connectivity index (χ1n) is 3.81. The van der Waals surface area contributed by atoms with Gasteiger partial charge >= 0.3 is 0 Å². The van der Waals surface area contributed by atoms with Crippen LogP contribution in [-0.4, -0.2) is 12.1 Å². The number of pyridine rings is 1. The lowest BCUT2D eigenvalue weighted by molar-refractivity contribution is 0.413. The first kappa shape index (κ1) is 8.56. The van der Waals surface area contributed by atoms with E-state index >= 15 is 0 Å². The molecule has 0 bridgehead atoms. The normalized spacial score (nSPS) is 10.6. The van der Waals surface area contributed by atoms with Crippen LogP contribution in [0.3, 0.4) is 0 Å². The van der Waals surface area contributed by atoms with E-state index in [9.17, 15) is 0 Å². The van der Waals surface area contributed by atoms with Crippen LogP contribution < -0.4 is 4.74 Å². The molecular weight excluding hydrogens is 234 g/mol. The largest absolute Gasteiger partial charge is 0.495 e. The number of aromatic nitrogens is 1. The number of furan rings is 1. The number of hydrogen-bond acceptors (Lipinski definition) is 3. The van der Waals surface area contributed by atoms with Gasteiger partial charge in [-0.15, -0.1) is 0 Å². The lowest BCUT2D eigenvalue weighted by atomic mass is 10.2. The molecule has 0 aromatic carbocycles. The summed E-state index contributed by atoms with van der Waals surface area (Å²) in [5.41, 5.74) is 1.73. The van der Waals surface area contributed by atoms with Gasteiger partial charge in [0, 0.05) is 16.3 Å². The number of alkyl halides is 1. The molecule has 2 rings (SSSR count). The van der Waals surface area contributed by atoms with Crippen LogP contribution in [0.25, 0.3) is 11.1 Å². The van der Waals surface area contributed by atoms with Crippen LogP contribution in [0.4, 0.5) is 0 Å². The molecule has 0 atom stereocenters. The molecule has 13 heavy (non-hydrogen) atoms. The van der Waals surface area contributed by atoms with Crippen molar-refractivity contribution >= 4 is 27.0 Å². The van der Waals surface area contributed by atoms with Gasteiger partial charge in [-0.2, -0.15) is 0 Å². The lowest BCUT2D eigenvalue weighted by Gasteiger charge is -1.97. The third-order valence-corrected chi connectivity index (χ3v) is 2.47. The molecule has 2 heterocycles. The standard InChI is InChI=1S/C9H8BrNO2/c1-12-7-2-8-6(3-10)5-13-9(8)11-4-7/h2,4-5H,3H2,1H3. The van der Waals surface area contributed by atoms with Crippen LogP contribution in [0.2, 0.25) is 0 Å². The molecule has 0 N–H and O–H groups in total. The van der Waals surface area contributed by atoms with Crippen LogP contribution in [-0.2, 0) is 5.33 Å². The van der Waals surface area contributed by atoms with Crippen molar-refractivity contribution in [1.82, 2.24) is 4.98 Å². The lowest BCUT2D eigenvalue weighted by Crippen LogP contribution is -1.84. The highest BCUT2D eigenvalue weighted by Gasteiger charge is 2.06. The van der Waals surface area contributed by atoms with E-state index in [2.05, 4.69) is 20.9 Å². The molecule has 0 radical (unpaired) electrons. The average molecular weight is 242 g/mol. The van der Waals surface area contributed by atoms with Crippen LogP contribution >= 0.6 is 15.9 Å². The maximum absolute atomic E-state index is 5.24. The van der Waals surface area contributed by atoms with Crippen molar-refractivity contribution in [2.24, 2.45) is 0 Å². The Kier molecular flexibility index (Phi) is 2.22. The smallest absolute Gasteiger partial charge is 0.226 e. The van der Waals surface area contributed by atoms with Gasteiger partial charge in [-0.05, 0) is 6.07 Å². The Morgan fingerprint density at radius 2 is 2.46 bits per heavy atom. The van der Waals surface area contributed by atoms with Crippen LogP contribution in [0.1, 0.15) is 5.56 Å². The van der Waals surface area contributed by atoms with Gasteiger partial charge in [0.05, 0.1) is 19.6 Å². The van der Waals surface area contributed by atoms with Gasteiger partial charge in [-0.3, -0.25) is 0 Å². The predicted molar refractivity (Wildman–Crippen MR) is 53.2 cm³/mol. The third kappa shape index (κ3) is 1.42. The molecule has 3 nitrogen and oxygen atoms in total. The Labute approximate surface area is 83.8 Å². The second-order valence-electron chi connectivity index (χ2n) is 2.62. The molecule has 0 aliphatic carbocycles. The Morgan fingerprint density at radius 1 is 1.62 bits per heavy atom. The maximum atomic E-state index is 5.24. The highest BCUT2D eigenvalue weighted by Crippen LogP contribution is 2.24. The molecule has 0 unspecified atom stereocenters.